The summed E-state index contributed by atoms with van der Waals surface area (Å²) in [6, 6.07) is 15.8. The maximum atomic E-state index is 14.5. The van der Waals surface area contributed by atoms with Crippen molar-refractivity contribution in [2.75, 3.05) is 47.6 Å². The predicted octanol–water partition coefficient (Wildman–Crippen LogP) is 5.26. The van der Waals surface area contributed by atoms with Crippen LogP contribution in [-0.2, 0) is 28.2 Å². The highest BCUT2D eigenvalue weighted by Gasteiger charge is 2.55. The van der Waals surface area contributed by atoms with E-state index in [-0.39, 0.29) is 18.4 Å². The number of hydrogen-bond acceptors (Lipinski definition) is 8. The lowest BCUT2D eigenvalue weighted by molar-refractivity contribution is -0.139. The minimum absolute atomic E-state index is 0.0176. The summed E-state index contributed by atoms with van der Waals surface area (Å²) in [6.45, 7) is 10.9. The summed E-state index contributed by atoms with van der Waals surface area (Å²) in [7, 11) is 0. The first-order valence-electron chi connectivity index (χ1n) is 18.6. The molecule has 2 fully saturated rings. The lowest BCUT2D eigenvalue weighted by Crippen LogP contribution is -2.55. The SMILES string of the molecule is CC(C)=CCC/C(C)=C/CN1C(=O)[C@@](O)([C@@H](C)/C=C/CCn2cc(CCO)nn2)c2cc(N3CN(c4ccccc4)C4(CCNCC4)C3=O)ccc21. The van der Waals surface area contributed by atoms with Gasteiger partial charge in [-0.3, -0.25) is 19.2 Å². The summed E-state index contributed by atoms with van der Waals surface area (Å²) in [6.07, 6.45) is 14.2. The van der Waals surface area contributed by atoms with Gasteiger partial charge in [-0.15, -0.1) is 5.10 Å². The van der Waals surface area contributed by atoms with E-state index in [2.05, 4.69) is 65.6 Å². The number of aryl methyl sites for hydroxylation is 1. The van der Waals surface area contributed by atoms with Crippen LogP contribution < -0.4 is 20.0 Å². The van der Waals surface area contributed by atoms with Gasteiger partial charge in [0.25, 0.3) is 11.8 Å². The Hall–Kier alpha value is -4.58. The summed E-state index contributed by atoms with van der Waals surface area (Å²) < 4.78 is 1.73. The molecule has 276 valence electrons. The molecule has 0 saturated carbocycles. The third kappa shape index (κ3) is 7.35. The van der Waals surface area contributed by atoms with Crippen LogP contribution in [0.4, 0.5) is 17.1 Å². The third-order valence-electron chi connectivity index (χ3n) is 10.8. The predicted molar refractivity (Wildman–Crippen MR) is 205 cm³/mol. The van der Waals surface area contributed by atoms with Gasteiger partial charge in [0, 0.05) is 55.2 Å². The Morgan fingerprint density at radius 3 is 2.50 bits per heavy atom. The van der Waals surface area contributed by atoms with Gasteiger partial charge >= 0.3 is 0 Å². The topological polar surface area (TPSA) is 127 Å². The molecular weight excluding hydrogens is 654 g/mol. The van der Waals surface area contributed by atoms with E-state index in [1.54, 1.807) is 9.58 Å². The molecule has 6 rings (SSSR count). The van der Waals surface area contributed by atoms with Crippen LogP contribution in [0, 0.1) is 5.92 Å². The molecule has 2 saturated heterocycles. The van der Waals surface area contributed by atoms with E-state index in [1.807, 2.05) is 66.6 Å². The Bertz CT molecular complexity index is 1820. The molecule has 2 atom stereocenters. The Kier molecular flexibility index (Phi) is 11.4. The van der Waals surface area contributed by atoms with E-state index in [4.69, 9.17) is 0 Å². The van der Waals surface area contributed by atoms with E-state index in [0.29, 0.717) is 62.4 Å². The molecular formula is C41H53N7O4. The zero-order valence-corrected chi connectivity index (χ0v) is 31.0. The van der Waals surface area contributed by atoms with Gasteiger partial charge in [0.1, 0.15) is 5.54 Å². The van der Waals surface area contributed by atoms with Crippen LogP contribution in [0.1, 0.15) is 71.1 Å². The lowest BCUT2D eigenvalue weighted by Gasteiger charge is -2.39. The molecule has 52 heavy (non-hydrogen) atoms. The van der Waals surface area contributed by atoms with E-state index < -0.39 is 17.1 Å². The van der Waals surface area contributed by atoms with E-state index >= 15 is 0 Å². The number of para-hydroxylation sites is 1. The molecule has 11 nitrogen and oxygen atoms in total. The maximum Gasteiger partial charge on any atom is 0.264 e. The number of aromatic nitrogens is 3. The first-order chi connectivity index (χ1) is 25.1. The molecule has 2 amide bonds. The van der Waals surface area contributed by atoms with Gasteiger partial charge in [-0.1, -0.05) is 65.8 Å². The summed E-state index contributed by atoms with van der Waals surface area (Å²) in [4.78, 5) is 34.6. The van der Waals surface area contributed by atoms with Crippen molar-refractivity contribution in [2.45, 2.75) is 83.9 Å². The van der Waals surface area contributed by atoms with Crippen molar-refractivity contribution in [1.29, 1.82) is 0 Å². The number of carbonyl (C=O) groups excluding carboxylic acids is 2. The van der Waals surface area contributed by atoms with Crippen molar-refractivity contribution < 1.29 is 19.8 Å². The van der Waals surface area contributed by atoms with Crippen molar-refractivity contribution >= 4 is 28.9 Å². The fraction of sp³-hybridized carbons (Fsp3) is 0.463. The van der Waals surface area contributed by atoms with Crippen molar-refractivity contribution in [3.63, 3.8) is 0 Å². The molecule has 0 aliphatic carbocycles. The van der Waals surface area contributed by atoms with Gasteiger partial charge in [-0.2, -0.15) is 0 Å². The molecule has 3 aromatic rings. The summed E-state index contributed by atoms with van der Waals surface area (Å²) in [5.41, 5.74) is 3.53. The number of aliphatic hydroxyl groups is 2. The first kappa shape index (κ1) is 37.2. The molecule has 3 aliphatic heterocycles. The highest BCUT2D eigenvalue weighted by Crippen LogP contribution is 2.48. The van der Waals surface area contributed by atoms with Gasteiger partial charge in [-0.25, -0.2) is 0 Å². The normalized spacial score (nSPS) is 20.7. The van der Waals surface area contributed by atoms with E-state index in [1.165, 1.54) is 11.1 Å². The Labute approximate surface area is 307 Å². The largest absolute Gasteiger partial charge is 0.396 e. The van der Waals surface area contributed by atoms with Crippen molar-refractivity contribution in [3.05, 3.63) is 101 Å². The molecule has 4 heterocycles. The standard InChI is InChI=1S/C41H53N7O4/c1-30(2)11-10-12-31(3)18-25-46-37-17-16-35(47-29-48(34-14-6-5-7-15-34)40(38(47)50)20-22-42-23-21-40)27-36(37)41(52,39(46)51)32(4)13-8-9-24-45-28-33(19-26-49)43-44-45/h5-8,11,13-18,27-28,32,42,49,52H,9-10,12,19-26,29H2,1-4H3/b13-8+,31-18+/t32-,41+/m0/s1. The van der Waals surface area contributed by atoms with Gasteiger partial charge in [0.2, 0.25) is 0 Å². The van der Waals surface area contributed by atoms with Gasteiger partial charge in [0.05, 0.1) is 18.1 Å². The Morgan fingerprint density at radius 1 is 1.00 bits per heavy atom. The number of piperidine rings is 1. The molecule has 0 unspecified atom stereocenters. The number of fused-ring (bicyclic) bond motifs is 1. The molecule has 0 radical (unpaired) electrons. The number of amides is 2. The van der Waals surface area contributed by atoms with Gasteiger partial charge < -0.3 is 25.3 Å². The molecule has 3 aliphatic rings. The molecule has 1 aromatic heterocycles. The van der Waals surface area contributed by atoms with Crippen molar-refractivity contribution in [3.8, 4) is 0 Å². The number of nitrogens with one attached hydrogen (secondary N) is 1. The van der Waals surface area contributed by atoms with Crippen LogP contribution >= 0.6 is 0 Å². The number of hydrogen-bond donors (Lipinski definition) is 3. The second-order valence-electron chi connectivity index (χ2n) is 14.6. The highest BCUT2D eigenvalue weighted by molar-refractivity contribution is 6.10. The third-order valence-corrected chi connectivity index (χ3v) is 10.8. The number of anilines is 3. The highest BCUT2D eigenvalue weighted by atomic mass is 16.3. The van der Waals surface area contributed by atoms with Crippen LogP contribution in [0.3, 0.4) is 0 Å². The second-order valence-corrected chi connectivity index (χ2v) is 14.6. The van der Waals surface area contributed by atoms with Crippen LogP contribution in [0.25, 0.3) is 0 Å². The van der Waals surface area contributed by atoms with E-state index in [9.17, 15) is 19.8 Å². The van der Waals surface area contributed by atoms with Gasteiger partial charge in [0.15, 0.2) is 5.60 Å². The quantitative estimate of drug-likeness (QED) is 0.194. The lowest BCUT2D eigenvalue weighted by atomic mass is 9.82. The first-order valence-corrected chi connectivity index (χ1v) is 18.6. The molecule has 3 N–H and O–H groups in total. The number of benzene rings is 2. The summed E-state index contributed by atoms with van der Waals surface area (Å²) in [5, 5.41) is 33.4. The molecule has 0 bridgehead atoms. The van der Waals surface area contributed by atoms with Crippen LogP contribution in [0.2, 0.25) is 0 Å². The number of allylic oxidation sites excluding steroid dienone is 4. The second kappa shape index (κ2) is 16.0. The number of rotatable bonds is 14. The van der Waals surface area contributed by atoms with Crippen LogP contribution in [0.15, 0.2) is 90.2 Å². The van der Waals surface area contributed by atoms with Crippen LogP contribution in [0.5, 0.6) is 0 Å². The average Bonchev–Trinajstić information content (AvgIpc) is 3.77. The summed E-state index contributed by atoms with van der Waals surface area (Å²) >= 11 is 0. The average molecular weight is 708 g/mol. The summed E-state index contributed by atoms with van der Waals surface area (Å²) in [5.74, 6) is -0.891. The van der Waals surface area contributed by atoms with Crippen LogP contribution in [-0.4, -0.2) is 75.5 Å². The molecule has 1 spiro atoms. The number of aliphatic hydroxyl groups excluding tert-OH is 1. The maximum absolute atomic E-state index is 14.5. The van der Waals surface area contributed by atoms with Crippen molar-refractivity contribution in [2.24, 2.45) is 5.92 Å². The zero-order valence-electron chi connectivity index (χ0n) is 31.0. The smallest absolute Gasteiger partial charge is 0.264 e. The van der Waals surface area contributed by atoms with Crippen molar-refractivity contribution in [1.82, 2.24) is 20.3 Å². The zero-order chi connectivity index (χ0) is 36.9. The van der Waals surface area contributed by atoms with Gasteiger partial charge in [-0.05, 0) is 96.3 Å². The molecule has 2 aromatic carbocycles. The minimum Gasteiger partial charge on any atom is -0.396 e. The fourth-order valence-corrected chi connectivity index (χ4v) is 7.71. The number of nitrogens with zero attached hydrogens (tertiary/aromatic N) is 6. The monoisotopic (exact) mass is 707 g/mol. The number of carbonyl (C=O) groups is 2. The fourth-order valence-electron chi connectivity index (χ4n) is 7.71. The Balaban J connectivity index is 1.31. The Morgan fingerprint density at radius 2 is 1.77 bits per heavy atom. The minimum atomic E-state index is -1.83. The molecule has 11 heteroatoms. The van der Waals surface area contributed by atoms with E-state index in [0.717, 1.165) is 37.3 Å².